The van der Waals surface area contributed by atoms with Crippen LogP contribution in [0.4, 0.5) is 8.78 Å². The van der Waals surface area contributed by atoms with Crippen LogP contribution < -0.4 is 9.47 Å². The molecule has 242 valence electrons. The highest BCUT2D eigenvalue weighted by molar-refractivity contribution is 9.10. The van der Waals surface area contributed by atoms with E-state index in [2.05, 4.69) is 98.6 Å². The third kappa shape index (κ3) is 5.53. The summed E-state index contributed by atoms with van der Waals surface area (Å²) in [7, 11) is 0. The summed E-state index contributed by atoms with van der Waals surface area (Å²) in [4.78, 5) is 0. The standard InChI is InChI=1S/C44H26Br2F2O2/c45-31-10-16-35-29(21-31)8-18-41-39(35)23-37(43(49-41)25-4-12-33(47)13-5-25)27-2-1-3-28(20-27)38-24-40-36-17-11-32(46)22-30(36)9-19-42(40)50-44(38)26-6-14-34(48)15-7-26/h1-24,43-44H. The Morgan fingerprint density at radius 2 is 0.900 bits per heavy atom. The zero-order valence-corrected chi connectivity index (χ0v) is 29.5. The molecule has 0 radical (unpaired) electrons. The number of ether oxygens (including phenoxy) is 2. The maximum Gasteiger partial charge on any atom is 0.149 e. The minimum atomic E-state index is -0.473. The van der Waals surface area contributed by atoms with Crippen LogP contribution in [0.1, 0.15) is 45.6 Å². The number of hydrogen-bond donors (Lipinski definition) is 0. The largest absolute Gasteiger partial charge is 0.480 e. The molecule has 0 N–H and O–H groups in total. The zero-order valence-electron chi connectivity index (χ0n) is 26.3. The third-order valence-corrected chi connectivity index (χ3v) is 10.5. The highest BCUT2D eigenvalue weighted by Gasteiger charge is 2.30. The van der Waals surface area contributed by atoms with Crippen LogP contribution in [0, 0.1) is 11.6 Å². The van der Waals surface area contributed by atoms with Gasteiger partial charge in [0.05, 0.1) is 0 Å². The van der Waals surface area contributed by atoms with Crippen molar-refractivity contribution in [3.63, 3.8) is 0 Å². The number of hydrogen-bond acceptors (Lipinski definition) is 2. The van der Waals surface area contributed by atoms with E-state index < -0.39 is 12.2 Å². The lowest BCUT2D eigenvalue weighted by atomic mass is 9.85. The molecule has 7 aromatic carbocycles. The molecule has 7 aromatic rings. The molecule has 2 aliphatic rings. The van der Waals surface area contributed by atoms with Crippen molar-refractivity contribution in [3.8, 4) is 11.5 Å². The van der Waals surface area contributed by atoms with Crippen LogP contribution in [0.5, 0.6) is 11.5 Å². The van der Waals surface area contributed by atoms with E-state index in [1.807, 2.05) is 30.3 Å². The van der Waals surface area contributed by atoms with Crippen molar-refractivity contribution in [3.05, 3.63) is 187 Å². The van der Waals surface area contributed by atoms with E-state index in [4.69, 9.17) is 9.47 Å². The Morgan fingerprint density at radius 3 is 1.34 bits per heavy atom. The summed E-state index contributed by atoms with van der Waals surface area (Å²) in [5, 5.41) is 4.34. The quantitative estimate of drug-likeness (QED) is 0.177. The van der Waals surface area contributed by atoms with Gasteiger partial charge in [0.15, 0.2) is 0 Å². The molecule has 0 fully saturated rings. The molecule has 2 unspecified atom stereocenters. The van der Waals surface area contributed by atoms with Gasteiger partial charge in [-0.15, -0.1) is 0 Å². The normalized spacial score (nSPS) is 16.6. The van der Waals surface area contributed by atoms with Gasteiger partial charge in [0.25, 0.3) is 0 Å². The van der Waals surface area contributed by atoms with Crippen LogP contribution >= 0.6 is 31.9 Å². The number of halogens is 4. The van der Waals surface area contributed by atoms with Crippen LogP contribution in [-0.4, -0.2) is 0 Å². The molecule has 9 rings (SSSR count). The second-order valence-electron chi connectivity index (χ2n) is 12.6. The minimum Gasteiger partial charge on any atom is -0.480 e. The van der Waals surface area contributed by atoms with Gasteiger partial charge in [0.1, 0.15) is 35.3 Å². The Balaban J connectivity index is 1.23. The summed E-state index contributed by atoms with van der Waals surface area (Å²) in [5.74, 6) is 0.934. The molecule has 2 atom stereocenters. The first-order valence-corrected chi connectivity index (χ1v) is 17.8. The molecule has 2 nitrogen and oxygen atoms in total. The summed E-state index contributed by atoms with van der Waals surface area (Å²) >= 11 is 7.21. The molecular weight excluding hydrogens is 758 g/mol. The molecule has 0 aliphatic carbocycles. The van der Waals surface area contributed by atoms with E-state index in [0.29, 0.717) is 0 Å². The molecule has 0 saturated carbocycles. The van der Waals surface area contributed by atoms with Crippen molar-refractivity contribution in [2.75, 3.05) is 0 Å². The average Bonchev–Trinajstić information content (AvgIpc) is 3.14. The summed E-state index contributed by atoms with van der Waals surface area (Å²) in [6.07, 6.45) is 3.45. The maximum atomic E-state index is 14.1. The molecule has 0 amide bonds. The van der Waals surface area contributed by atoms with Crippen molar-refractivity contribution < 1.29 is 18.3 Å². The smallest absolute Gasteiger partial charge is 0.149 e. The van der Waals surface area contributed by atoms with Gasteiger partial charge in [-0.3, -0.25) is 0 Å². The van der Waals surface area contributed by atoms with Gasteiger partial charge in [-0.05, 0) is 123 Å². The maximum absolute atomic E-state index is 14.1. The molecule has 0 spiro atoms. The lowest BCUT2D eigenvalue weighted by molar-refractivity contribution is 0.261. The molecule has 6 heteroatoms. The summed E-state index contributed by atoms with van der Waals surface area (Å²) < 4.78 is 43.8. The Bertz CT molecular complexity index is 2360. The number of fused-ring (bicyclic) bond motifs is 6. The van der Waals surface area contributed by atoms with Crippen molar-refractivity contribution in [2.45, 2.75) is 12.2 Å². The van der Waals surface area contributed by atoms with Crippen LogP contribution in [-0.2, 0) is 0 Å². The van der Waals surface area contributed by atoms with Crippen LogP contribution in [0.15, 0.2) is 142 Å². The predicted octanol–water partition coefficient (Wildman–Crippen LogP) is 13.1. The van der Waals surface area contributed by atoms with E-state index >= 15 is 0 Å². The fourth-order valence-electron chi connectivity index (χ4n) is 7.07. The Hall–Kier alpha value is -5.04. The SMILES string of the molecule is Fc1ccc(C2Oc3ccc4cc(Br)ccc4c3C=C2c2cccc(C3=Cc4c(ccc5cc(Br)ccc45)OC3c3ccc(F)cc3)c2)cc1. The van der Waals surface area contributed by atoms with Crippen molar-refractivity contribution >= 4 is 76.7 Å². The second-order valence-corrected chi connectivity index (χ2v) is 14.4. The van der Waals surface area contributed by atoms with E-state index in [1.165, 1.54) is 24.3 Å². The van der Waals surface area contributed by atoms with Crippen LogP contribution in [0.3, 0.4) is 0 Å². The Kier molecular flexibility index (Phi) is 7.67. The second kappa shape index (κ2) is 12.4. The molecular formula is C44H26Br2F2O2. The monoisotopic (exact) mass is 782 g/mol. The van der Waals surface area contributed by atoms with Gasteiger partial charge in [-0.25, -0.2) is 8.78 Å². The summed E-state index contributed by atoms with van der Waals surface area (Å²) in [6.45, 7) is 0. The van der Waals surface area contributed by atoms with E-state index in [1.54, 1.807) is 24.3 Å². The summed E-state index contributed by atoms with van der Waals surface area (Å²) in [5.41, 5.74) is 7.50. The lowest BCUT2D eigenvalue weighted by Crippen LogP contribution is -2.16. The topological polar surface area (TPSA) is 18.5 Å². The first-order chi connectivity index (χ1) is 24.4. The number of rotatable bonds is 4. The van der Waals surface area contributed by atoms with Gasteiger partial charge < -0.3 is 9.47 Å². The van der Waals surface area contributed by atoms with Gasteiger partial charge in [-0.1, -0.05) is 98.6 Å². The van der Waals surface area contributed by atoms with Gasteiger partial charge in [0.2, 0.25) is 0 Å². The third-order valence-electron chi connectivity index (χ3n) is 9.50. The number of benzene rings is 7. The molecule has 2 heterocycles. The van der Waals surface area contributed by atoms with Crippen molar-refractivity contribution in [1.82, 2.24) is 0 Å². The van der Waals surface area contributed by atoms with Gasteiger partial charge >= 0.3 is 0 Å². The zero-order chi connectivity index (χ0) is 33.9. The van der Waals surface area contributed by atoms with E-state index in [0.717, 1.165) is 86.5 Å². The Labute approximate surface area is 304 Å². The average molecular weight is 784 g/mol. The van der Waals surface area contributed by atoms with Gasteiger partial charge in [0, 0.05) is 31.2 Å². The first kappa shape index (κ1) is 31.0. The predicted molar refractivity (Wildman–Crippen MR) is 205 cm³/mol. The van der Waals surface area contributed by atoms with Crippen molar-refractivity contribution in [1.29, 1.82) is 0 Å². The highest BCUT2D eigenvalue weighted by atomic mass is 79.9. The molecule has 0 saturated heterocycles. The summed E-state index contributed by atoms with van der Waals surface area (Å²) in [6, 6.07) is 42.0. The fraction of sp³-hybridized carbons (Fsp3) is 0.0455. The molecule has 0 aromatic heterocycles. The van der Waals surface area contributed by atoms with Crippen LogP contribution in [0.2, 0.25) is 0 Å². The molecule has 2 aliphatic heterocycles. The van der Waals surface area contributed by atoms with Gasteiger partial charge in [-0.2, -0.15) is 0 Å². The van der Waals surface area contributed by atoms with Crippen molar-refractivity contribution in [2.24, 2.45) is 0 Å². The highest BCUT2D eigenvalue weighted by Crippen LogP contribution is 2.48. The molecule has 0 bridgehead atoms. The van der Waals surface area contributed by atoms with Crippen LogP contribution in [0.25, 0.3) is 44.8 Å². The lowest BCUT2D eigenvalue weighted by Gasteiger charge is -2.31. The minimum absolute atomic E-state index is 0.301. The fourth-order valence-corrected chi connectivity index (χ4v) is 7.83. The molecule has 50 heavy (non-hydrogen) atoms. The van der Waals surface area contributed by atoms with E-state index in [9.17, 15) is 8.78 Å². The first-order valence-electron chi connectivity index (χ1n) is 16.2. The Morgan fingerprint density at radius 1 is 0.460 bits per heavy atom. The van der Waals surface area contributed by atoms with E-state index in [-0.39, 0.29) is 11.6 Å².